The number of hydrogen-bond donors (Lipinski definition) is 1. The molecule has 8 nitrogen and oxygen atoms in total. The lowest BCUT2D eigenvalue weighted by Gasteiger charge is -2.32. The Kier molecular flexibility index (Phi) is 5.98. The highest BCUT2D eigenvalue weighted by Gasteiger charge is 2.29. The van der Waals surface area contributed by atoms with Gasteiger partial charge in [0.15, 0.2) is 5.01 Å². The van der Waals surface area contributed by atoms with Crippen molar-refractivity contribution in [3.8, 4) is 35.3 Å². The number of imidazole rings is 1. The Hall–Kier alpha value is -4.36. The summed E-state index contributed by atoms with van der Waals surface area (Å²) in [5.74, 6) is 2.83. The summed E-state index contributed by atoms with van der Waals surface area (Å²) in [6.07, 6.45) is 14.9. The second-order valence-corrected chi connectivity index (χ2v) is 9.88. The number of thiazole rings is 1. The van der Waals surface area contributed by atoms with E-state index < -0.39 is 0 Å². The van der Waals surface area contributed by atoms with E-state index in [9.17, 15) is 9.18 Å². The fraction of sp³-hybridized carbons (Fsp3) is 0.222. The molecule has 4 aromatic heterocycles. The summed E-state index contributed by atoms with van der Waals surface area (Å²) < 4.78 is 22.5. The van der Waals surface area contributed by atoms with Crippen molar-refractivity contribution in [1.29, 1.82) is 0 Å². The van der Waals surface area contributed by atoms with Gasteiger partial charge in [-0.2, -0.15) is 0 Å². The summed E-state index contributed by atoms with van der Waals surface area (Å²) >= 11 is 1.19. The first kappa shape index (κ1) is 23.1. The van der Waals surface area contributed by atoms with Gasteiger partial charge in [-0.15, -0.1) is 17.8 Å². The molecule has 1 aliphatic carbocycles. The van der Waals surface area contributed by atoms with Gasteiger partial charge in [-0.3, -0.25) is 4.79 Å². The highest BCUT2D eigenvalue weighted by Crippen LogP contribution is 2.37. The number of terminal acetylenes is 1. The minimum Gasteiger partial charge on any atom is -0.443 e. The van der Waals surface area contributed by atoms with E-state index in [1.807, 2.05) is 6.07 Å². The monoisotopic (exact) mass is 512 g/mol. The molecule has 0 spiro atoms. The zero-order valence-corrected chi connectivity index (χ0v) is 20.4. The summed E-state index contributed by atoms with van der Waals surface area (Å²) in [5, 5.41) is 3.46. The number of hydrogen-bond acceptors (Lipinski definition) is 7. The first-order valence-electron chi connectivity index (χ1n) is 11.9. The van der Waals surface area contributed by atoms with Gasteiger partial charge in [-0.1, -0.05) is 18.1 Å². The molecule has 184 valence electrons. The minimum absolute atomic E-state index is 0.0315. The minimum atomic E-state index is -0.353. The van der Waals surface area contributed by atoms with Crippen LogP contribution < -0.4 is 5.32 Å². The van der Waals surface area contributed by atoms with Crippen molar-refractivity contribution in [2.24, 2.45) is 0 Å². The third-order valence-electron chi connectivity index (χ3n) is 6.53. The van der Waals surface area contributed by atoms with Crippen LogP contribution in [0.15, 0.2) is 59.6 Å². The molecule has 0 saturated heterocycles. The molecule has 0 radical (unpaired) electrons. The van der Waals surface area contributed by atoms with Crippen molar-refractivity contribution in [2.75, 3.05) is 0 Å². The Morgan fingerprint density at radius 2 is 2.11 bits per heavy atom. The SMILES string of the molecule is C#Cc1cnc(C(=O)N[C@H]2CCC[C@@H](n3c(-c4ccccc4F)nc4cnc(-c5ncco5)cc43)C2)s1. The molecule has 37 heavy (non-hydrogen) atoms. The Balaban J connectivity index is 1.38. The number of pyridine rings is 1. The van der Waals surface area contributed by atoms with E-state index in [2.05, 4.69) is 30.8 Å². The first-order chi connectivity index (χ1) is 18.1. The fourth-order valence-electron chi connectivity index (χ4n) is 4.89. The second kappa shape index (κ2) is 9.59. The number of aromatic nitrogens is 5. The molecular formula is C27H21FN6O2S. The number of carbonyl (C=O) groups is 1. The van der Waals surface area contributed by atoms with Gasteiger partial charge >= 0.3 is 0 Å². The van der Waals surface area contributed by atoms with Crippen LogP contribution in [0.5, 0.6) is 0 Å². The highest BCUT2D eigenvalue weighted by molar-refractivity contribution is 7.14. The average molecular weight is 513 g/mol. The van der Waals surface area contributed by atoms with Crippen LogP contribution in [0.3, 0.4) is 0 Å². The van der Waals surface area contributed by atoms with Crippen LogP contribution >= 0.6 is 11.3 Å². The van der Waals surface area contributed by atoms with E-state index in [1.54, 1.807) is 30.6 Å². The van der Waals surface area contributed by atoms with Crippen LogP contribution in [0, 0.1) is 18.2 Å². The molecule has 6 rings (SSSR count). The van der Waals surface area contributed by atoms with Crippen LogP contribution in [-0.4, -0.2) is 36.5 Å². The predicted molar refractivity (Wildman–Crippen MR) is 137 cm³/mol. The lowest BCUT2D eigenvalue weighted by atomic mass is 9.90. The second-order valence-electron chi connectivity index (χ2n) is 8.85. The molecule has 2 atom stereocenters. The highest BCUT2D eigenvalue weighted by atomic mass is 32.1. The van der Waals surface area contributed by atoms with Gasteiger partial charge in [-0.25, -0.2) is 24.3 Å². The zero-order chi connectivity index (χ0) is 25.4. The molecule has 10 heteroatoms. The molecule has 0 bridgehead atoms. The molecule has 1 amide bonds. The standard InChI is InChI=1S/C27H21FN6O2S/c1-2-18-14-31-27(37-18)25(35)32-16-6-5-7-17(12-16)34-23-13-21(26-29-10-11-36-26)30-15-22(23)33-24(34)19-8-3-4-9-20(19)28/h1,3-4,8-11,13-17H,5-7,12H2,(H,32,35)/t16-,17+/m0/s1. The van der Waals surface area contributed by atoms with Gasteiger partial charge < -0.3 is 14.3 Å². The zero-order valence-electron chi connectivity index (χ0n) is 19.6. The maximum absolute atomic E-state index is 15.0. The van der Waals surface area contributed by atoms with E-state index in [0.29, 0.717) is 44.8 Å². The van der Waals surface area contributed by atoms with Gasteiger partial charge in [0, 0.05) is 12.1 Å². The summed E-state index contributed by atoms with van der Waals surface area (Å²) in [5.41, 5.74) is 2.42. The first-order valence-corrected chi connectivity index (χ1v) is 12.7. The number of oxazole rings is 1. The largest absolute Gasteiger partial charge is 0.443 e. The van der Waals surface area contributed by atoms with Gasteiger partial charge in [0.1, 0.15) is 29.1 Å². The number of rotatable bonds is 5. The molecule has 1 aromatic carbocycles. The molecule has 1 aliphatic rings. The molecule has 1 N–H and O–H groups in total. The molecular weight excluding hydrogens is 491 g/mol. The van der Waals surface area contributed by atoms with Crippen molar-refractivity contribution in [1.82, 2.24) is 29.8 Å². The molecule has 5 aromatic rings. The number of nitrogens with one attached hydrogen (secondary N) is 1. The third kappa shape index (κ3) is 4.38. The van der Waals surface area contributed by atoms with Crippen molar-refractivity contribution < 1.29 is 13.6 Å². The molecule has 1 fully saturated rings. The van der Waals surface area contributed by atoms with Crippen LogP contribution in [0.1, 0.15) is 46.4 Å². The van der Waals surface area contributed by atoms with Crippen LogP contribution in [-0.2, 0) is 0 Å². The molecule has 0 aliphatic heterocycles. The van der Waals surface area contributed by atoms with Crippen LogP contribution in [0.25, 0.3) is 34.0 Å². The Bertz CT molecular complexity index is 1630. The smallest absolute Gasteiger partial charge is 0.280 e. The van der Waals surface area contributed by atoms with E-state index in [0.717, 1.165) is 24.8 Å². The van der Waals surface area contributed by atoms with Crippen molar-refractivity contribution in [2.45, 2.75) is 37.8 Å². The normalized spacial score (nSPS) is 17.5. The number of carbonyl (C=O) groups excluding carboxylic acids is 1. The average Bonchev–Trinajstić information content (AvgIpc) is 3.68. The van der Waals surface area contributed by atoms with Gasteiger partial charge in [-0.05, 0) is 43.9 Å². The predicted octanol–water partition coefficient (Wildman–Crippen LogP) is 5.24. The molecule has 1 saturated carbocycles. The van der Waals surface area contributed by atoms with Gasteiger partial charge in [0.25, 0.3) is 5.91 Å². The van der Waals surface area contributed by atoms with Crippen LogP contribution in [0.4, 0.5) is 4.39 Å². The number of halogens is 1. The quantitative estimate of drug-likeness (QED) is 0.323. The molecule has 4 heterocycles. The number of benzene rings is 1. The summed E-state index contributed by atoms with van der Waals surface area (Å²) in [6, 6.07) is 8.36. The van der Waals surface area contributed by atoms with E-state index in [4.69, 9.17) is 15.8 Å². The summed E-state index contributed by atoms with van der Waals surface area (Å²) in [4.78, 5) is 31.0. The van der Waals surface area contributed by atoms with E-state index >= 15 is 0 Å². The maximum atomic E-state index is 15.0. The van der Waals surface area contributed by atoms with Crippen molar-refractivity contribution >= 4 is 28.3 Å². The lowest BCUT2D eigenvalue weighted by Crippen LogP contribution is -2.39. The lowest BCUT2D eigenvalue weighted by molar-refractivity contribution is 0.0920. The van der Waals surface area contributed by atoms with Crippen molar-refractivity contribution in [3.63, 3.8) is 0 Å². The Morgan fingerprint density at radius 1 is 1.22 bits per heavy atom. The van der Waals surface area contributed by atoms with Gasteiger partial charge in [0.05, 0.1) is 34.5 Å². The van der Waals surface area contributed by atoms with Crippen molar-refractivity contribution in [3.05, 3.63) is 70.9 Å². The maximum Gasteiger partial charge on any atom is 0.280 e. The summed E-state index contributed by atoms with van der Waals surface area (Å²) in [6.45, 7) is 0. The Labute approximate surface area is 215 Å². The third-order valence-corrected chi connectivity index (χ3v) is 7.46. The topological polar surface area (TPSA) is 98.7 Å². The number of fused-ring (bicyclic) bond motifs is 1. The van der Waals surface area contributed by atoms with Crippen LogP contribution in [0.2, 0.25) is 0 Å². The molecule has 0 unspecified atom stereocenters. The van der Waals surface area contributed by atoms with Gasteiger partial charge in [0.2, 0.25) is 5.89 Å². The Morgan fingerprint density at radius 3 is 2.89 bits per heavy atom. The number of amides is 1. The fourth-order valence-corrected chi connectivity index (χ4v) is 5.52. The van der Waals surface area contributed by atoms with E-state index in [1.165, 1.54) is 29.9 Å². The van der Waals surface area contributed by atoms with E-state index in [-0.39, 0.29) is 23.8 Å². The number of nitrogens with zero attached hydrogens (tertiary/aromatic N) is 5. The summed E-state index contributed by atoms with van der Waals surface area (Å²) in [7, 11) is 0.